The average Bonchev–Trinajstić information content (AvgIpc) is 2.05. The van der Waals surface area contributed by atoms with Crippen LogP contribution in [0.25, 0.3) is 0 Å². The molecule has 0 aromatic heterocycles. The standard InChI is InChI=1S/C12H23N/c1-5-7-8-9-11(3)10-12(4)13-6-2/h11-13H,6,8-10H2,1-4H3. The van der Waals surface area contributed by atoms with Crippen LogP contribution in [0.5, 0.6) is 0 Å². The lowest BCUT2D eigenvalue weighted by Gasteiger charge is -2.16. The van der Waals surface area contributed by atoms with Crippen molar-refractivity contribution in [3.8, 4) is 11.8 Å². The van der Waals surface area contributed by atoms with E-state index in [1.54, 1.807) is 0 Å². The van der Waals surface area contributed by atoms with Gasteiger partial charge >= 0.3 is 0 Å². The lowest BCUT2D eigenvalue weighted by atomic mass is 9.98. The molecule has 0 fully saturated rings. The Labute approximate surface area is 83.3 Å². The van der Waals surface area contributed by atoms with Gasteiger partial charge in [-0.15, -0.1) is 11.8 Å². The van der Waals surface area contributed by atoms with E-state index in [0.717, 1.165) is 18.9 Å². The fraction of sp³-hybridized carbons (Fsp3) is 0.833. The van der Waals surface area contributed by atoms with Gasteiger partial charge in [-0.2, -0.15) is 0 Å². The second-order valence-electron chi connectivity index (χ2n) is 3.77. The van der Waals surface area contributed by atoms with Crippen LogP contribution in [0.3, 0.4) is 0 Å². The number of hydrogen-bond donors (Lipinski definition) is 1. The zero-order chi connectivity index (χ0) is 10.1. The third kappa shape index (κ3) is 7.87. The van der Waals surface area contributed by atoms with Crippen molar-refractivity contribution >= 4 is 0 Å². The fourth-order valence-corrected chi connectivity index (χ4v) is 1.60. The molecular weight excluding hydrogens is 158 g/mol. The highest BCUT2D eigenvalue weighted by molar-refractivity contribution is 4.94. The predicted octanol–water partition coefficient (Wildman–Crippen LogP) is 2.81. The quantitative estimate of drug-likeness (QED) is 0.621. The monoisotopic (exact) mass is 181 g/mol. The molecule has 1 heteroatoms. The van der Waals surface area contributed by atoms with Crippen LogP contribution in [0.15, 0.2) is 0 Å². The summed E-state index contributed by atoms with van der Waals surface area (Å²) in [6.45, 7) is 9.70. The maximum Gasteiger partial charge on any atom is 0.00911 e. The Bertz CT molecular complexity index is 164. The topological polar surface area (TPSA) is 12.0 Å². The first-order chi connectivity index (χ1) is 6.20. The molecule has 0 spiro atoms. The molecule has 13 heavy (non-hydrogen) atoms. The van der Waals surface area contributed by atoms with Crippen LogP contribution in [0, 0.1) is 17.8 Å². The zero-order valence-electron chi connectivity index (χ0n) is 9.48. The predicted molar refractivity (Wildman–Crippen MR) is 59.6 cm³/mol. The lowest BCUT2D eigenvalue weighted by molar-refractivity contribution is 0.412. The fourth-order valence-electron chi connectivity index (χ4n) is 1.60. The highest BCUT2D eigenvalue weighted by Crippen LogP contribution is 2.11. The maximum atomic E-state index is 3.43. The van der Waals surface area contributed by atoms with Crippen LogP contribution in [0.1, 0.15) is 47.0 Å². The molecule has 0 saturated heterocycles. The van der Waals surface area contributed by atoms with Gasteiger partial charge in [0.15, 0.2) is 0 Å². The second kappa shape index (κ2) is 8.13. The van der Waals surface area contributed by atoms with Gasteiger partial charge in [0, 0.05) is 12.5 Å². The van der Waals surface area contributed by atoms with E-state index in [1.807, 2.05) is 6.92 Å². The van der Waals surface area contributed by atoms with Gasteiger partial charge in [0.05, 0.1) is 0 Å². The minimum atomic E-state index is 0.648. The Kier molecular flexibility index (Phi) is 7.83. The van der Waals surface area contributed by atoms with Crippen LogP contribution in [0.2, 0.25) is 0 Å². The molecule has 76 valence electrons. The van der Waals surface area contributed by atoms with E-state index in [9.17, 15) is 0 Å². The van der Waals surface area contributed by atoms with Crippen LogP contribution in [-0.4, -0.2) is 12.6 Å². The van der Waals surface area contributed by atoms with E-state index in [2.05, 4.69) is 37.9 Å². The molecule has 0 bridgehead atoms. The van der Waals surface area contributed by atoms with E-state index in [-0.39, 0.29) is 0 Å². The van der Waals surface area contributed by atoms with Crippen molar-refractivity contribution in [1.82, 2.24) is 5.32 Å². The maximum absolute atomic E-state index is 3.43. The van der Waals surface area contributed by atoms with Crippen molar-refractivity contribution in [1.29, 1.82) is 0 Å². The van der Waals surface area contributed by atoms with Crippen molar-refractivity contribution in [2.24, 2.45) is 5.92 Å². The number of hydrogen-bond acceptors (Lipinski definition) is 1. The summed E-state index contributed by atoms with van der Waals surface area (Å²) in [7, 11) is 0. The molecule has 0 aliphatic carbocycles. The minimum absolute atomic E-state index is 0.648. The molecule has 0 aliphatic heterocycles. The lowest BCUT2D eigenvalue weighted by Crippen LogP contribution is -2.27. The molecule has 0 aliphatic rings. The molecule has 0 rings (SSSR count). The molecule has 1 nitrogen and oxygen atoms in total. The summed E-state index contributed by atoms with van der Waals surface area (Å²) in [5, 5.41) is 3.43. The number of rotatable bonds is 6. The molecule has 2 atom stereocenters. The third-order valence-corrected chi connectivity index (χ3v) is 2.25. The smallest absolute Gasteiger partial charge is 0.00911 e. The van der Waals surface area contributed by atoms with E-state index in [4.69, 9.17) is 0 Å². The first kappa shape index (κ1) is 12.5. The van der Waals surface area contributed by atoms with Crippen LogP contribution in [0.4, 0.5) is 0 Å². The molecule has 0 aromatic rings. The van der Waals surface area contributed by atoms with Gasteiger partial charge in [-0.25, -0.2) is 0 Å². The summed E-state index contributed by atoms with van der Waals surface area (Å²) >= 11 is 0. The second-order valence-corrected chi connectivity index (χ2v) is 3.77. The normalized spacial score (nSPS) is 14.5. The average molecular weight is 181 g/mol. The molecular formula is C12H23N. The summed E-state index contributed by atoms with van der Waals surface area (Å²) in [4.78, 5) is 0. The molecule has 2 unspecified atom stereocenters. The first-order valence-corrected chi connectivity index (χ1v) is 5.33. The Hall–Kier alpha value is -0.480. The van der Waals surface area contributed by atoms with Crippen molar-refractivity contribution < 1.29 is 0 Å². The van der Waals surface area contributed by atoms with E-state index >= 15 is 0 Å². The van der Waals surface area contributed by atoms with Gasteiger partial charge in [0.1, 0.15) is 0 Å². The highest BCUT2D eigenvalue weighted by Gasteiger charge is 2.06. The van der Waals surface area contributed by atoms with Gasteiger partial charge in [-0.05, 0) is 39.2 Å². The molecule has 0 saturated carbocycles. The van der Waals surface area contributed by atoms with Crippen molar-refractivity contribution in [2.45, 2.75) is 53.0 Å². The summed E-state index contributed by atoms with van der Waals surface area (Å²) in [6.07, 6.45) is 3.55. The van der Waals surface area contributed by atoms with Crippen LogP contribution in [-0.2, 0) is 0 Å². The van der Waals surface area contributed by atoms with Gasteiger partial charge in [0.2, 0.25) is 0 Å². The van der Waals surface area contributed by atoms with Crippen molar-refractivity contribution in [2.75, 3.05) is 6.54 Å². The Morgan fingerprint density at radius 2 is 2.00 bits per heavy atom. The summed E-state index contributed by atoms with van der Waals surface area (Å²) in [5.41, 5.74) is 0. The SMILES string of the molecule is CC#CCCC(C)CC(C)NCC. The zero-order valence-corrected chi connectivity index (χ0v) is 9.48. The van der Waals surface area contributed by atoms with E-state index in [1.165, 1.54) is 12.8 Å². The first-order valence-electron chi connectivity index (χ1n) is 5.33. The molecule has 1 N–H and O–H groups in total. The van der Waals surface area contributed by atoms with Gasteiger partial charge in [-0.3, -0.25) is 0 Å². The highest BCUT2D eigenvalue weighted by atomic mass is 14.9. The number of nitrogens with one attached hydrogen (secondary N) is 1. The van der Waals surface area contributed by atoms with Gasteiger partial charge < -0.3 is 5.32 Å². The summed E-state index contributed by atoms with van der Waals surface area (Å²) < 4.78 is 0. The molecule has 0 amide bonds. The Morgan fingerprint density at radius 1 is 1.31 bits per heavy atom. The van der Waals surface area contributed by atoms with Crippen LogP contribution < -0.4 is 5.32 Å². The third-order valence-electron chi connectivity index (χ3n) is 2.25. The minimum Gasteiger partial charge on any atom is -0.315 e. The molecule has 0 heterocycles. The van der Waals surface area contributed by atoms with Crippen molar-refractivity contribution in [3.63, 3.8) is 0 Å². The largest absolute Gasteiger partial charge is 0.315 e. The van der Waals surface area contributed by atoms with Crippen LogP contribution >= 0.6 is 0 Å². The van der Waals surface area contributed by atoms with E-state index in [0.29, 0.717) is 6.04 Å². The summed E-state index contributed by atoms with van der Waals surface area (Å²) in [6, 6.07) is 0.648. The van der Waals surface area contributed by atoms with E-state index < -0.39 is 0 Å². The molecule has 0 aromatic carbocycles. The van der Waals surface area contributed by atoms with Gasteiger partial charge in [-0.1, -0.05) is 13.8 Å². The molecule has 0 radical (unpaired) electrons. The Balaban J connectivity index is 3.46. The van der Waals surface area contributed by atoms with Gasteiger partial charge in [0.25, 0.3) is 0 Å². The Morgan fingerprint density at radius 3 is 2.54 bits per heavy atom. The summed E-state index contributed by atoms with van der Waals surface area (Å²) in [5.74, 6) is 6.84. The van der Waals surface area contributed by atoms with Crippen molar-refractivity contribution in [3.05, 3.63) is 0 Å².